The molecular formula is C18H13Cl2N3O3. The molecule has 2 aromatic carbocycles. The number of aromatic hydroxyl groups is 1. The standard InChI is InChI=1S/C18H13Cl2N3O3/c19-12-4-1-10(2-5-12)9-21-17(25)13-8-15(22-23-18(13)26)11-3-6-16(24)14(20)7-11/h1-8,24H,9H2,(H,21,25)(H,23,26). The fourth-order valence-corrected chi connectivity index (χ4v) is 2.57. The van der Waals surface area contributed by atoms with Crippen molar-refractivity contribution in [1.29, 1.82) is 0 Å². The lowest BCUT2D eigenvalue weighted by atomic mass is 10.1. The maximum Gasteiger partial charge on any atom is 0.277 e. The number of phenols is 1. The Kier molecular flexibility index (Phi) is 5.25. The molecule has 26 heavy (non-hydrogen) atoms. The summed E-state index contributed by atoms with van der Waals surface area (Å²) in [6, 6.07) is 12.9. The topological polar surface area (TPSA) is 95.1 Å². The van der Waals surface area contributed by atoms with Crippen molar-refractivity contribution in [2.45, 2.75) is 6.54 Å². The zero-order valence-electron chi connectivity index (χ0n) is 13.3. The first-order valence-electron chi connectivity index (χ1n) is 7.55. The van der Waals surface area contributed by atoms with Gasteiger partial charge in [-0.3, -0.25) is 9.59 Å². The lowest BCUT2D eigenvalue weighted by Gasteiger charge is -2.07. The highest BCUT2D eigenvalue weighted by Crippen LogP contribution is 2.28. The minimum absolute atomic E-state index is 0.0687. The van der Waals surface area contributed by atoms with Crippen LogP contribution in [0.15, 0.2) is 53.3 Å². The number of hydrogen-bond acceptors (Lipinski definition) is 4. The Morgan fingerprint density at radius 3 is 2.54 bits per heavy atom. The van der Waals surface area contributed by atoms with E-state index in [2.05, 4.69) is 15.5 Å². The normalized spacial score (nSPS) is 10.5. The van der Waals surface area contributed by atoms with Crippen LogP contribution >= 0.6 is 23.2 Å². The minimum atomic E-state index is -0.604. The number of carbonyl (C=O) groups is 1. The number of nitrogens with one attached hydrogen (secondary N) is 2. The Hall–Kier alpha value is -2.83. The Labute approximate surface area is 158 Å². The number of aromatic amines is 1. The van der Waals surface area contributed by atoms with E-state index in [1.165, 1.54) is 18.2 Å². The van der Waals surface area contributed by atoms with Gasteiger partial charge in [0.2, 0.25) is 0 Å². The lowest BCUT2D eigenvalue weighted by Crippen LogP contribution is -2.29. The first kappa shape index (κ1) is 18.0. The quantitative estimate of drug-likeness (QED) is 0.637. The average Bonchev–Trinajstić information content (AvgIpc) is 2.64. The third-order valence-electron chi connectivity index (χ3n) is 3.66. The van der Waals surface area contributed by atoms with Gasteiger partial charge in [-0.2, -0.15) is 5.10 Å². The van der Waals surface area contributed by atoms with Crippen molar-refractivity contribution in [3.63, 3.8) is 0 Å². The van der Waals surface area contributed by atoms with Crippen LogP contribution in [0.4, 0.5) is 0 Å². The molecule has 0 aliphatic rings. The Balaban J connectivity index is 1.82. The van der Waals surface area contributed by atoms with Gasteiger partial charge < -0.3 is 10.4 Å². The molecule has 0 saturated heterocycles. The zero-order valence-corrected chi connectivity index (χ0v) is 14.8. The summed E-state index contributed by atoms with van der Waals surface area (Å²) < 4.78 is 0. The van der Waals surface area contributed by atoms with Crippen molar-refractivity contribution in [2.75, 3.05) is 0 Å². The predicted octanol–water partition coefficient (Wildman–Crippen LogP) is 3.38. The molecule has 0 atom stereocenters. The number of amides is 1. The Morgan fingerprint density at radius 2 is 1.85 bits per heavy atom. The summed E-state index contributed by atoms with van der Waals surface area (Å²) in [5.74, 6) is -0.601. The molecule has 0 aliphatic carbocycles. The predicted molar refractivity (Wildman–Crippen MR) is 99.6 cm³/mol. The summed E-state index contributed by atoms with van der Waals surface area (Å²) in [5, 5.41) is 19.1. The van der Waals surface area contributed by atoms with Gasteiger partial charge >= 0.3 is 0 Å². The molecular weight excluding hydrogens is 377 g/mol. The second-order valence-corrected chi connectivity index (χ2v) is 6.31. The minimum Gasteiger partial charge on any atom is -0.506 e. The molecule has 0 fully saturated rings. The van der Waals surface area contributed by atoms with Gasteiger partial charge in [0.05, 0.1) is 10.7 Å². The molecule has 0 unspecified atom stereocenters. The summed E-state index contributed by atoms with van der Waals surface area (Å²) in [5.41, 5.74) is 1.07. The van der Waals surface area contributed by atoms with Crippen molar-refractivity contribution in [2.24, 2.45) is 0 Å². The van der Waals surface area contributed by atoms with Gasteiger partial charge in [0, 0.05) is 17.1 Å². The maximum absolute atomic E-state index is 12.4. The van der Waals surface area contributed by atoms with E-state index in [0.29, 0.717) is 16.3 Å². The van der Waals surface area contributed by atoms with Gasteiger partial charge in [0.15, 0.2) is 0 Å². The second-order valence-electron chi connectivity index (χ2n) is 5.47. The van der Waals surface area contributed by atoms with Gasteiger partial charge in [-0.05, 0) is 42.0 Å². The van der Waals surface area contributed by atoms with E-state index < -0.39 is 11.5 Å². The number of phenolic OH excluding ortho intramolecular Hbond substituents is 1. The van der Waals surface area contributed by atoms with Crippen LogP contribution in [0, 0.1) is 0 Å². The maximum atomic E-state index is 12.4. The first-order chi connectivity index (χ1) is 12.4. The molecule has 0 bridgehead atoms. The van der Waals surface area contributed by atoms with E-state index in [1.807, 2.05) is 0 Å². The SMILES string of the molecule is O=C(NCc1ccc(Cl)cc1)c1cc(-c2ccc(O)c(Cl)c2)n[nH]c1=O. The van der Waals surface area contributed by atoms with E-state index in [-0.39, 0.29) is 22.9 Å². The van der Waals surface area contributed by atoms with Crippen molar-refractivity contribution < 1.29 is 9.90 Å². The fraction of sp³-hybridized carbons (Fsp3) is 0.0556. The molecule has 0 saturated carbocycles. The van der Waals surface area contributed by atoms with Crippen LogP contribution in [0.2, 0.25) is 10.0 Å². The number of carbonyl (C=O) groups excluding carboxylic acids is 1. The summed E-state index contributed by atoms with van der Waals surface area (Å²) in [6.07, 6.45) is 0. The fourth-order valence-electron chi connectivity index (χ4n) is 2.27. The van der Waals surface area contributed by atoms with Gasteiger partial charge in [-0.25, -0.2) is 5.10 Å². The van der Waals surface area contributed by atoms with Crippen LogP contribution < -0.4 is 10.9 Å². The summed E-state index contributed by atoms with van der Waals surface area (Å²) in [4.78, 5) is 24.3. The first-order valence-corrected chi connectivity index (χ1v) is 8.31. The third kappa shape index (κ3) is 4.04. The molecule has 132 valence electrons. The van der Waals surface area contributed by atoms with Gasteiger partial charge in [-0.1, -0.05) is 35.3 Å². The number of rotatable bonds is 4. The molecule has 1 amide bonds. The number of nitrogens with zero attached hydrogens (tertiary/aromatic N) is 1. The van der Waals surface area contributed by atoms with Crippen LogP contribution in [-0.4, -0.2) is 21.2 Å². The van der Waals surface area contributed by atoms with Gasteiger partial charge in [0.25, 0.3) is 11.5 Å². The molecule has 3 aromatic rings. The Bertz CT molecular complexity index is 1020. The van der Waals surface area contributed by atoms with Gasteiger partial charge in [-0.15, -0.1) is 0 Å². The van der Waals surface area contributed by atoms with Crippen LogP contribution in [0.3, 0.4) is 0 Å². The van der Waals surface area contributed by atoms with Crippen LogP contribution in [0.1, 0.15) is 15.9 Å². The van der Waals surface area contributed by atoms with E-state index in [1.54, 1.807) is 30.3 Å². The summed E-state index contributed by atoms with van der Waals surface area (Å²) in [6.45, 7) is 0.248. The van der Waals surface area contributed by atoms with Crippen LogP contribution in [0.5, 0.6) is 5.75 Å². The molecule has 6 nitrogen and oxygen atoms in total. The summed E-state index contributed by atoms with van der Waals surface area (Å²) >= 11 is 11.7. The van der Waals surface area contributed by atoms with Crippen molar-refractivity contribution in [3.05, 3.63) is 80.1 Å². The average molecular weight is 390 g/mol. The zero-order chi connectivity index (χ0) is 18.7. The molecule has 1 aromatic heterocycles. The van der Waals surface area contributed by atoms with Gasteiger partial charge in [0.1, 0.15) is 11.3 Å². The monoisotopic (exact) mass is 389 g/mol. The third-order valence-corrected chi connectivity index (χ3v) is 4.21. The Morgan fingerprint density at radius 1 is 1.12 bits per heavy atom. The molecule has 0 aliphatic heterocycles. The van der Waals surface area contributed by atoms with E-state index >= 15 is 0 Å². The lowest BCUT2D eigenvalue weighted by molar-refractivity contribution is 0.0949. The summed E-state index contributed by atoms with van der Waals surface area (Å²) in [7, 11) is 0. The van der Waals surface area contributed by atoms with Crippen molar-refractivity contribution in [1.82, 2.24) is 15.5 Å². The number of H-pyrrole nitrogens is 1. The number of benzene rings is 2. The largest absolute Gasteiger partial charge is 0.506 e. The highest BCUT2D eigenvalue weighted by atomic mass is 35.5. The van der Waals surface area contributed by atoms with Crippen molar-refractivity contribution in [3.8, 4) is 17.0 Å². The smallest absolute Gasteiger partial charge is 0.277 e. The molecule has 3 rings (SSSR count). The number of hydrogen-bond donors (Lipinski definition) is 3. The molecule has 0 radical (unpaired) electrons. The molecule has 8 heteroatoms. The molecule has 0 spiro atoms. The van der Waals surface area contributed by atoms with Crippen LogP contribution in [-0.2, 0) is 6.54 Å². The molecule has 3 N–H and O–H groups in total. The van der Waals surface area contributed by atoms with E-state index in [0.717, 1.165) is 5.56 Å². The van der Waals surface area contributed by atoms with Crippen LogP contribution in [0.25, 0.3) is 11.3 Å². The second kappa shape index (κ2) is 7.59. The molecule has 1 heterocycles. The number of halogens is 2. The highest BCUT2D eigenvalue weighted by Gasteiger charge is 2.14. The van der Waals surface area contributed by atoms with Crippen molar-refractivity contribution >= 4 is 29.1 Å². The van der Waals surface area contributed by atoms with E-state index in [4.69, 9.17) is 23.2 Å². The van der Waals surface area contributed by atoms with E-state index in [9.17, 15) is 14.7 Å². The highest BCUT2D eigenvalue weighted by molar-refractivity contribution is 6.32. The number of aromatic nitrogens is 2.